The van der Waals surface area contributed by atoms with Crippen LogP contribution in [0, 0.1) is 0 Å². The maximum absolute atomic E-state index is 10.5. The molecular formula is C6H3Cl3O2S. The van der Waals surface area contributed by atoms with Crippen molar-refractivity contribution in [3.63, 3.8) is 0 Å². The van der Waals surface area contributed by atoms with E-state index in [-0.39, 0.29) is 15.1 Å². The van der Waals surface area contributed by atoms with Crippen molar-refractivity contribution >= 4 is 52.1 Å². The minimum atomic E-state index is -0.452. The summed E-state index contributed by atoms with van der Waals surface area (Å²) < 4.78 is 5.04. The van der Waals surface area contributed by atoms with Crippen molar-refractivity contribution in [3.8, 4) is 5.06 Å². The van der Waals surface area contributed by atoms with Gasteiger partial charge in [0.05, 0.1) is 5.02 Å². The van der Waals surface area contributed by atoms with Gasteiger partial charge in [0.15, 0.2) is 0 Å². The summed E-state index contributed by atoms with van der Waals surface area (Å²) in [5.41, 5.74) is 0. The van der Waals surface area contributed by atoms with Gasteiger partial charge in [0.2, 0.25) is 5.06 Å². The smallest absolute Gasteiger partial charge is 0.308 e. The Kier molecular flexibility index (Phi) is 3.23. The van der Waals surface area contributed by atoms with Crippen molar-refractivity contribution in [2.24, 2.45) is 0 Å². The Morgan fingerprint density at radius 2 is 1.92 bits per heavy atom. The van der Waals surface area contributed by atoms with Gasteiger partial charge in [0, 0.05) is 6.92 Å². The molecule has 0 bridgehead atoms. The fraction of sp³-hybridized carbons (Fsp3) is 0.167. The number of ether oxygens (including phenoxy) is 1. The molecule has 0 unspecified atom stereocenters. The number of hydrogen-bond acceptors (Lipinski definition) is 3. The molecule has 1 rings (SSSR count). The van der Waals surface area contributed by atoms with Crippen molar-refractivity contribution in [2.75, 3.05) is 0 Å². The second-order valence-corrected chi connectivity index (χ2v) is 4.23. The van der Waals surface area contributed by atoms with Crippen LogP contribution in [0.3, 0.4) is 0 Å². The Bertz CT molecular complexity index is 321. The van der Waals surface area contributed by atoms with Crippen LogP contribution in [0.4, 0.5) is 0 Å². The van der Waals surface area contributed by atoms with Crippen LogP contribution in [0.5, 0.6) is 5.06 Å². The van der Waals surface area contributed by atoms with Crippen LogP contribution in [0.25, 0.3) is 0 Å². The lowest BCUT2D eigenvalue weighted by Gasteiger charge is -1.95. The van der Waals surface area contributed by atoms with E-state index in [4.69, 9.17) is 39.5 Å². The number of hydrogen-bond donors (Lipinski definition) is 0. The Balaban J connectivity index is 3.01. The first-order chi connectivity index (χ1) is 5.52. The largest absolute Gasteiger partial charge is 0.414 e. The summed E-state index contributed by atoms with van der Waals surface area (Å²) in [6.07, 6.45) is 0. The number of rotatable bonds is 1. The van der Waals surface area contributed by atoms with E-state index in [0.717, 1.165) is 11.3 Å². The zero-order valence-electron chi connectivity index (χ0n) is 5.86. The molecule has 0 aliphatic carbocycles. The summed E-state index contributed by atoms with van der Waals surface area (Å²) >= 11 is 18.0. The number of halogens is 3. The molecule has 0 aliphatic heterocycles. The second kappa shape index (κ2) is 3.83. The molecule has 0 saturated carbocycles. The van der Waals surface area contributed by atoms with Crippen LogP contribution >= 0.6 is 46.1 Å². The van der Waals surface area contributed by atoms with Crippen LogP contribution in [-0.4, -0.2) is 5.97 Å². The van der Waals surface area contributed by atoms with E-state index in [1.165, 1.54) is 6.92 Å². The van der Waals surface area contributed by atoms with Gasteiger partial charge in [-0.05, 0) is 0 Å². The Morgan fingerprint density at radius 3 is 2.25 bits per heavy atom. The fourth-order valence-corrected chi connectivity index (χ4v) is 2.16. The Hall–Kier alpha value is 0.0400. The lowest BCUT2D eigenvalue weighted by atomic mass is 10.6. The number of thiophene rings is 1. The van der Waals surface area contributed by atoms with Crippen LogP contribution in [-0.2, 0) is 4.79 Å². The summed E-state index contributed by atoms with van der Waals surface area (Å²) in [5, 5.41) is 0.639. The average Bonchev–Trinajstić information content (AvgIpc) is 2.17. The highest BCUT2D eigenvalue weighted by atomic mass is 35.5. The molecule has 2 nitrogen and oxygen atoms in total. The standard InChI is InChI=1S/C6H3Cl3O2S/c1-2(10)11-6-4(8)3(7)5(9)12-6/h1H3. The lowest BCUT2D eigenvalue weighted by Crippen LogP contribution is -1.99. The Morgan fingerprint density at radius 1 is 1.33 bits per heavy atom. The van der Waals surface area contributed by atoms with Crippen molar-refractivity contribution in [3.05, 3.63) is 14.4 Å². The zero-order chi connectivity index (χ0) is 9.30. The normalized spacial score (nSPS) is 10.0. The molecule has 12 heavy (non-hydrogen) atoms. The van der Waals surface area contributed by atoms with Crippen molar-refractivity contribution in [2.45, 2.75) is 6.92 Å². The number of carbonyl (C=O) groups excluding carboxylic acids is 1. The maximum atomic E-state index is 10.5. The molecule has 0 atom stereocenters. The molecule has 1 aromatic heterocycles. The lowest BCUT2D eigenvalue weighted by molar-refractivity contribution is -0.131. The van der Waals surface area contributed by atoms with E-state index in [9.17, 15) is 4.79 Å². The van der Waals surface area contributed by atoms with E-state index >= 15 is 0 Å². The van der Waals surface area contributed by atoms with Crippen LogP contribution in [0.1, 0.15) is 6.92 Å². The number of carbonyl (C=O) groups is 1. The van der Waals surface area contributed by atoms with Crippen LogP contribution < -0.4 is 4.74 Å². The van der Waals surface area contributed by atoms with Crippen molar-refractivity contribution < 1.29 is 9.53 Å². The van der Waals surface area contributed by atoms with Crippen LogP contribution in [0.2, 0.25) is 14.4 Å². The van der Waals surface area contributed by atoms with Gasteiger partial charge in [0.1, 0.15) is 9.36 Å². The first-order valence-electron chi connectivity index (χ1n) is 2.84. The topological polar surface area (TPSA) is 26.3 Å². The van der Waals surface area contributed by atoms with Crippen molar-refractivity contribution in [1.29, 1.82) is 0 Å². The summed E-state index contributed by atoms with van der Waals surface area (Å²) in [5.74, 6) is -0.452. The van der Waals surface area contributed by atoms with Gasteiger partial charge in [-0.15, -0.1) is 0 Å². The minimum absolute atomic E-state index is 0.182. The van der Waals surface area contributed by atoms with Gasteiger partial charge in [-0.2, -0.15) is 0 Å². The monoisotopic (exact) mass is 244 g/mol. The van der Waals surface area contributed by atoms with E-state index < -0.39 is 5.97 Å². The molecule has 66 valence electrons. The highest BCUT2D eigenvalue weighted by molar-refractivity contribution is 7.19. The molecule has 0 radical (unpaired) electrons. The predicted octanol–water partition coefficient (Wildman–Crippen LogP) is 3.63. The molecule has 0 aliphatic rings. The third-order valence-electron chi connectivity index (χ3n) is 0.963. The van der Waals surface area contributed by atoms with E-state index in [2.05, 4.69) is 0 Å². The summed E-state index contributed by atoms with van der Waals surface area (Å²) in [7, 11) is 0. The molecule has 6 heteroatoms. The first-order valence-corrected chi connectivity index (χ1v) is 4.79. The molecular weight excluding hydrogens is 242 g/mol. The third kappa shape index (κ3) is 2.04. The Labute approximate surface area is 88.0 Å². The highest BCUT2D eigenvalue weighted by Crippen LogP contribution is 2.45. The molecule has 0 N–H and O–H groups in total. The van der Waals surface area contributed by atoms with Gasteiger partial charge >= 0.3 is 5.97 Å². The van der Waals surface area contributed by atoms with Gasteiger partial charge in [-0.3, -0.25) is 4.79 Å². The van der Waals surface area contributed by atoms with E-state index in [1.807, 2.05) is 0 Å². The van der Waals surface area contributed by atoms with E-state index in [1.54, 1.807) is 0 Å². The van der Waals surface area contributed by atoms with Gasteiger partial charge in [-0.25, -0.2) is 0 Å². The van der Waals surface area contributed by atoms with Gasteiger partial charge in [-0.1, -0.05) is 46.1 Å². The zero-order valence-corrected chi connectivity index (χ0v) is 8.94. The van der Waals surface area contributed by atoms with Crippen molar-refractivity contribution in [1.82, 2.24) is 0 Å². The van der Waals surface area contributed by atoms with Gasteiger partial charge < -0.3 is 4.74 Å². The highest BCUT2D eigenvalue weighted by Gasteiger charge is 2.15. The second-order valence-electron chi connectivity index (χ2n) is 1.88. The average molecular weight is 246 g/mol. The summed E-state index contributed by atoms with van der Waals surface area (Å²) in [6.45, 7) is 1.28. The first kappa shape index (κ1) is 10.1. The van der Waals surface area contributed by atoms with E-state index in [0.29, 0.717) is 4.34 Å². The maximum Gasteiger partial charge on any atom is 0.308 e. The summed E-state index contributed by atoms with van der Waals surface area (Å²) in [4.78, 5) is 10.5. The van der Waals surface area contributed by atoms with Crippen LogP contribution in [0.15, 0.2) is 0 Å². The molecule has 1 heterocycles. The quantitative estimate of drug-likeness (QED) is 0.706. The predicted molar refractivity (Wildman–Crippen MR) is 50.7 cm³/mol. The minimum Gasteiger partial charge on any atom is -0.414 e. The molecule has 0 aromatic carbocycles. The molecule has 0 fully saturated rings. The molecule has 0 amide bonds. The molecule has 0 saturated heterocycles. The molecule has 1 aromatic rings. The molecule has 0 spiro atoms. The fourth-order valence-electron chi connectivity index (χ4n) is 0.543. The van der Waals surface area contributed by atoms with Gasteiger partial charge in [0.25, 0.3) is 0 Å². The third-order valence-corrected chi connectivity index (χ3v) is 3.40. The summed E-state index contributed by atoms with van der Waals surface area (Å²) in [6, 6.07) is 0. The number of esters is 1. The SMILES string of the molecule is CC(=O)Oc1sc(Cl)c(Cl)c1Cl.